The van der Waals surface area contributed by atoms with Crippen LogP contribution >= 0.6 is 0 Å². The second kappa shape index (κ2) is 2.92. The van der Waals surface area contributed by atoms with Crippen molar-refractivity contribution < 1.29 is 0 Å². The molecule has 2 heteroatoms. The van der Waals surface area contributed by atoms with Crippen LogP contribution in [0.15, 0.2) is 6.20 Å². The maximum atomic E-state index is 4.61. The number of aromatic nitrogens is 2. The zero-order chi connectivity index (χ0) is 8.55. The van der Waals surface area contributed by atoms with E-state index in [0.29, 0.717) is 5.92 Å². The Labute approximate surface area is 73.6 Å². The molecule has 0 atom stereocenters. The molecule has 0 amide bonds. The third-order valence-corrected chi connectivity index (χ3v) is 2.52. The fourth-order valence-electron chi connectivity index (χ4n) is 1.71. The van der Waals surface area contributed by atoms with E-state index in [4.69, 9.17) is 0 Å². The van der Waals surface area contributed by atoms with Gasteiger partial charge < -0.3 is 4.57 Å². The molecule has 0 saturated heterocycles. The van der Waals surface area contributed by atoms with Gasteiger partial charge in [-0.05, 0) is 18.8 Å². The van der Waals surface area contributed by atoms with Gasteiger partial charge in [-0.1, -0.05) is 13.8 Å². The number of rotatable bonds is 1. The van der Waals surface area contributed by atoms with Crippen molar-refractivity contribution in [1.29, 1.82) is 0 Å². The third-order valence-electron chi connectivity index (χ3n) is 2.52. The number of hydrogen-bond donors (Lipinski definition) is 0. The van der Waals surface area contributed by atoms with Crippen LogP contribution in [0.3, 0.4) is 0 Å². The maximum absolute atomic E-state index is 4.61. The van der Waals surface area contributed by atoms with Gasteiger partial charge in [-0.3, -0.25) is 0 Å². The lowest BCUT2D eigenvalue weighted by atomic mass is 10.2. The van der Waals surface area contributed by atoms with Gasteiger partial charge in [-0.2, -0.15) is 0 Å². The average Bonchev–Trinajstić information content (AvgIpc) is 2.46. The zero-order valence-electron chi connectivity index (χ0n) is 7.88. The molecule has 2 nitrogen and oxygen atoms in total. The van der Waals surface area contributed by atoms with E-state index in [9.17, 15) is 0 Å². The first-order valence-electron chi connectivity index (χ1n) is 4.83. The zero-order valence-corrected chi connectivity index (χ0v) is 7.88. The second-order valence-corrected chi connectivity index (χ2v) is 3.89. The maximum Gasteiger partial charge on any atom is 0.108 e. The molecule has 0 fully saturated rings. The summed E-state index contributed by atoms with van der Waals surface area (Å²) in [7, 11) is 0. The van der Waals surface area contributed by atoms with Gasteiger partial charge in [0.25, 0.3) is 0 Å². The van der Waals surface area contributed by atoms with Crippen molar-refractivity contribution in [3.8, 4) is 0 Å². The minimum Gasteiger partial charge on any atom is -0.335 e. The second-order valence-electron chi connectivity index (χ2n) is 3.89. The SMILES string of the molecule is CC(C)c1cn2c(n1)CCCC2. The van der Waals surface area contributed by atoms with E-state index in [-0.39, 0.29) is 0 Å². The first-order chi connectivity index (χ1) is 5.77. The molecule has 0 aliphatic carbocycles. The molecular weight excluding hydrogens is 148 g/mol. The Kier molecular flexibility index (Phi) is 1.91. The smallest absolute Gasteiger partial charge is 0.108 e. The first-order valence-corrected chi connectivity index (χ1v) is 4.83. The molecule has 1 aliphatic rings. The number of hydrogen-bond acceptors (Lipinski definition) is 1. The Bertz CT molecular complexity index is 250. The summed E-state index contributed by atoms with van der Waals surface area (Å²) >= 11 is 0. The fraction of sp³-hybridized carbons (Fsp3) is 0.700. The summed E-state index contributed by atoms with van der Waals surface area (Å²) in [6.07, 6.45) is 6.03. The van der Waals surface area contributed by atoms with E-state index in [2.05, 4.69) is 29.6 Å². The Balaban J connectivity index is 2.32. The summed E-state index contributed by atoms with van der Waals surface area (Å²) in [6.45, 7) is 5.58. The fourth-order valence-corrected chi connectivity index (χ4v) is 1.71. The molecule has 0 bridgehead atoms. The van der Waals surface area contributed by atoms with E-state index >= 15 is 0 Å². The van der Waals surface area contributed by atoms with Crippen LogP contribution in [0.4, 0.5) is 0 Å². The lowest BCUT2D eigenvalue weighted by Gasteiger charge is -2.11. The standard InChI is InChI=1S/C10H16N2/c1-8(2)9-7-12-6-4-3-5-10(12)11-9/h7-8H,3-6H2,1-2H3. The predicted molar refractivity (Wildman–Crippen MR) is 49.3 cm³/mol. The lowest BCUT2D eigenvalue weighted by Crippen LogP contribution is -2.08. The molecule has 0 aromatic carbocycles. The van der Waals surface area contributed by atoms with Gasteiger partial charge in [0.1, 0.15) is 5.82 Å². The highest BCUT2D eigenvalue weighted by Crippen LogP contribution is 2.18. The third kappa shape index (κ3) is 1.26. The van der Waals surface area contributed by atoms with Gasteiger partial charge in [0.15, 0.2) is 0 Å². The van der Waals surface area contributed by atoms with Crippen LogP contribution < -0.4 is 0 Å². The summed E-state index contributed by atoms with van der Waals surface area (Å²) in [6, 6.07) is 0. The molecule has 0 N–H and O–H groups in total. The number of nitrogens with zero attached hydrogens (tertiary/aromatic N) is 2. The Hall–Kier alpha value is -0.790. The molecule has 0 unspecified atom stereocenters. The number of aryl methyl sites for hydroxylation is 2. The predicted octanol–water partition coefficient (Wildman–Crippen LogP) is 2.34. The summed E-state index contributed by atoms with van der Waals surface area (Å²) < 4.78 is 2.32. The molecule has 2 heterocycles. The van der Waals surface area contributed by atoms with Gasteiger partial charge in [-0.15, -0.1) is 0 Å². The summed E-state index contributed by atoms with van der Waals surface area (Å²) in [5, 5.41) is 0. The highest BCUT2D eigenvalue weighted by Gasteiger charge is 2.13. The summed E-state index contributed by atoms with van der Waals surface area (Å²) in [4.78, 5) is 4.61. The van der Waals surface area contributed by atoms with Crippen molar-refractivity contribution in [3.63, 3.8) is 0 Å². The molecule has 1 aliphatic heterocycles. The van der Waals surface area contributed by atoms with Crippen molar-refractivity contribution in [2.75, 3.05) is 0 Å². The normalized spacial score (nSPS) is 16.6. The molecule has 0 saturated carbocycles. The molecular formula is C10H16N2. The van der Waals surface area contributed by atoms with Crippen LogP contribution in [0.2, 0.25) is 0 Å². The number of fused-ring (bicyclic) bond motifs is 1. The largest absolute Gasteiger partial charge is 0.335 e. The Morgan fingerprint density at radius 3 is 2.92 bits per heavy atom. The lowest BCUT2D eigenvalue weighted by molar-refractivity contribution is 0.522. The van der Waals surface area contributed by atoms with Gasteiger partial charge in [0.05, 0.1) is 5.69 Å². The number of imidazole rings is 1. The highest BCUT2D eigenvalue weighted by molar-refractivity contribution is 5.09. The van der Waals surface area contributed by atoms with Crippen molar-refractivity contribution >= 4 is 0 Å². The van der Waals surface area contributed by atoms with Crippen molar-refractivity contribution in [2.45, 2.75) is 45.6 Å². The van der Waals surface area contributed by atoms with Crippen LogP contribution in [0, 0.1) is 0 Å². The molecule has 66 valence electrons. The van der Waals surface area contributed by atoms with Gasteiger partial charge in [0.2, 0.25) is 0 Å². The van der Waals surface area contributed by atoms with E-state index < -0.39 is 0 Å². The van der Waals surface area contributed by atoms with E-state index in [1.165, 1.54) is 37.3 Å². The quantitative estimate of drug-likeness (QED) is 0.623. The summed E-state index contributed by atoms with van der Waals surface area (Å²) in [5.74, 6) is 1.87. The minimum absolute atomic E-state index is 0.572. The highest BCUT2D eigenvalue weighted by atomic mass is 15.1. The van der Waals surface area contributed by atoms with Gasteiger partial charge in [-0.25, -0.2) is 4.98 Å². The van der Waals surface area contributed by atoms with Crippen LogP contribution in [-0.2, 0) is 13.0 Å². The van der Waals surface area contributed by atoms with Gasteiger partial charge in [0, 0.05) is 19.2 Å². The van der Waals surface area contributed by atoms with Crippen molar-refractivity contribution in [2.24, 2.45) is 0 Å². The molecule has 0 spiro atoms. The van der Waals surface area contributed by atoms with E-state index in [0.717, 1.165) is 0 Å². The molecule has 0 radical (unpaired) electrons. The monoisotopic (exact) mass is 164 g/mol. The molecule has 2 rings (SSSR count). The first kappa shape index (κ1) is 7.84. The molecule has 1 aromatic heterocycles. The Morgan fingerprint density at radius 2 is 2.25 bits per heavy atom. The topological polar surface area (TPSA) is 17.8 Å². The van der Waals surface area contributed by atoms with Crippen molar-refractivity contribution in [3.05, 3.63) is 17.7 Å². The van der Waals surface area contributed by atoms with Crippen LogP contribution in [0.5, 0.6) is 0 Å². The van der Waals surface area contributed by atoms with Gasteiger partial charge >= 0.3 is 0 Å². The molecule has 1 aromatic rings. The Morgan fingerprint density at radius 1 is 1.42 bits per heavy atom. The minimum atomic E-state index is 0.572. The van der Waals surface area contributed by atoms with Crippen molar-refractivity contribution in [1.82, 2.24) is 9.55 Å². The molecule has 12 heavy (non-hydrogen) atoms. The average molecular weight is 164 g/mol. The van der Waals surface area contributed by atoms with Crippen LogP contribution in [0.25, 0.3) is 0 Å². The van der Waals surface area contributed by atoms with E-state index in [1.54, 1.807) is 0 Å². The van der Waals surface area contributed by atoms with Crippen LogP contribution in [0.1, 0.15) is 44.1 Å². The van der Waals surface area contributed by atoms with E-state index in [1.807, 2.05) is 0 Å². The van der Waals surface area contributed by atoms with Crippen LogP contribution in [-0.4, -0.2) is 9.55 Å². The summed E-state index contributed by atoms with van der Waals surface area (Å²) in [5.41, 5.74) is 1.26.